The van der Waals surface area contributed by atoms with Crippen LogP contribution in [0.1, 0.15) is 47.1 Å². The van der Waals surface area contributed by atoms with Crippen molar-refractivity contribution in [2.75, 3.05) is 39.2 Å². The highest BCUT2D eigenvalue weighted by molar-refractivity contribution is 6.05. The summed E-state index contributed by atoms with van der Waals surface area (Å²) < 4.78 is 31.4. The Morgan fingerprint density at radius 1 is 1.09 bits per heavy atom. The average molecular weight is 596 g/mol. The molecule has 11 nitrogen and oxygen atoms in total. The van der Waals surface area contributed by atoms with Crippen molar-refractivity contribution in [2.45, 2.75) is 45.7 Å². The molecular weight excluding hydrogens is 557 g/mol. The standard InChI is InChI=1S/C31H38FN5O6/c1-18(2)43-28-11-21(24-8-7-23(42-6)12-25(24)31(40)37-16-22(32)17-37)10-27(34-28)35-29(38)26-9-20(15-36(4)30(26)39)14-33-13-19(3)41-5/h7-12,15,18-19,22,33H,13-14,16-17H2,1-6H3,(H,34,35,38)/t19-/m0/s1. The third kappa shape index (κ3) is 7.76. The van der Waals surface area contributed by atoms with Gasteiger partial charge in [-0.15, -0.1) is 0 Å². The average Bonchev–Trinajstić information content (AvgIpc) is 2.95. The summed E-state index contributed by atoms with van der Waals surface area (Å²) in [5, 5.41) is 5.98. The van der Waals surface area contributed by atoms with Gasteiger partial charge in [0.1, 0.15) is 23.3 Å². The predicted molar refractivity (Wildman–Crippen MR) is 161 cm³/mol. The lowest BCUT2D eigenvalue weighted by Gasteiger charge is -2.34. The number of nitrogens with zero attached hydrogens (tertiary/aromatic N) is 3. The van der Waals surface area contributed by atoms with Crippen LogP contribution in [0.4, 0.5) is 10.2 Å². The zero-order valence-electron chi connectivity index (χ0n) is 25.3. The topological polar surface area (TPSA) is 124 Å². The normalized spacial score (nSPS) is 13.9. The largest absolute Gasteiger partial charge is 0.497 e. The number of anilines is 1. The molecule has 1 fully saturated rings. The van der Waals surface area contributed by atoms with Crippen molar-refractivity contribution >= 4 is 17.6 Å². The fourth-order valence-electron chi connectivity index (χ4n) is 4.59. The Labute approximate surface area is 250 Å². The number of amides is 2. The van der Waals surface area contributed by atoms with Crippen molar-refractivity contribution in [2.24, 2.45) is 7.05 Å². The lowest BCUT2D eigenvalue weighted by molar-refractivity contribution is 0.0400. The molecule has 0 spiro atoms. The number of carbonyl (C=O) groups excluding carboxylic acids is 2. The number of carbonyl (C=O) groups is 2. The Balaban J connectivity index is 1.68. The van der Waals surface area contributed by atoms with Crippen LogP contribution < -0.4 is 25.7 Å². The number of rotatable bonds is 12. The third-order valence-electron chi connectivity index (χ3n) is 6.94. The lowest BCUT2D eigenvalue weighted by Crippen LogP contribution is -2.51. The first-order valence-corrected chi connectivity index (χ1v) is 14.0. The summed E-state index contributed by atoms with van der Waals surface area (Å²) in [6, 6.07) is 9.83. The quantitative estimate of drug-likeness (QED) is 0.327. The molecule has 0 unspecified atom stereocenters. The number of alkyl halides is 1. The van der Waals surface area contributed by atoms with E-state index in [1.54, 1.807) is 56.8 Å². The molecule has 0 bridgehead atoms. The van der Waals surface area contributed by atoms with Gasteiger partial charge in [0.15, 0.2) is 0 Å². The Morgan fingerprint density at radius 2 is 1.84 bits per heavy atom. The van der Waals surface area contributed by atoms with E-state index >= 15 is 0 Å². The van der Waals surface area contributed by atoms with E-state index in [1.807, 2.05) is 20.8 Å². The molecular formula is C31H38FN5O6. The summed E-state index contributed by atoms with van der Waals surface area (Å²) >= 11 is 0. The van der Waals surface area contributed by atoms with Gasteiger partial charge in [-0.2, -0.15) is 4.98 Å². The fourth-order valence-corrected chi connectivity index (χ4v) is 4.59. The first kappa shape index (κ1) is 31.6. The highest BCUT2D eigenvalue weighted by atomic mass is 19.1. The summed E-state index contributed by atoms with van der Waals surface area (Å²) in [4.78, 5) is 45.5. The molecule has 1 saturated heterocycles. The fraction of sp³-hybridized carbons (Fsp3) is 0.419. The second-order valence-corrected chi connectivity index (χ2v) is 10.8. The van der Waals surface area contributed by atoms with Crippen LogP contribution in [0.3, 0.4) is 0 Å². The minimum atomic E-state index is -1.05. The van der Waals surface area contributed by atoms with E-state index in [0.717, 1.165) is 5.56 Å². The van der Waals surface area contributed by atoms with E-state index < -0.39 is 17.6 Å². The minimum absolute atomic E-state index is 0.00364. The van der Waals surface area contributed by atoms with Crippen LogP contribution in [-0.2, 0) is 18.3 Å². The van der Waals surface area contributed by atoms with Gasteiger partial charge in [-0.1, -0.05) is 0 Å². The van der Waals surface area contributed by atoms with Crippen LogP contribution in [0.15, 0.2) is 47.4 Å². The SMILES string of the molecule is COc1ccc(-c2cc(NC(=O)c3cc(CNC[C@H](C)OC)cn(C)c3=O)nc(OC(C)C)c2)c(C(=O)N2CC(F)C2)c1. The molecule has 4 rings (SSSR count). The van der Waals surface area contributed by atoms with Crippen LogP contribution in [0.2, 0.25) is 0 Å². The van der Waals surface area contributed by atoms with Crippen molar-refractivity contribution in [3.63, 3.8) is 0 Å². The first-order chi connectivity index (χ1) is 20.5. The van der Waals surface area contributed by atoms with Gasteiger partial charge in [0, 0.05) is 39.5 Å². The van der Waals surface area contributed by atoms with E-state index in [2.05, 4.69) is 15.6 Å². The molecule has 0 saturated carbocycles. The number of methoxy groups -OCH3 is 2. The van der Waals surface area contributed by atoms with E-state index in [-0.39, 0.29) is 48.5 Å². The van der Waals surface area contributed by atoms with Crippen LogP contribution in [-0.4, -0.2) is 78.5 Å². The number of pyridine rings is 2. The molecule has 1 aromatic carbocycles. The van der Waals surface area contributed by atoms with Crippen molar-refractivity contribution in [3.8, 4) is 22.8 Å². The number of hydrogen-bond donors (Lipinski definition) is 2. The van der Waals surface area contributed by atoms with Gasteiger partial charge in [-0.3, -0.25) is 14.4 Å². The number of benzene rings is 1. The number of hydrogen-bond acceptors (Lipinski definition) is 8. The van der Waals surface area contributed by atoms with Gasteiger partial charge in [-0.05, 0) is 67.8 Å². The molecule has 2 aromatic heterocycles. The monoisotopic (exact) mass is 595 g/mol. The van der Waals surface area contributed by atoms with Gasteiger partial charge >= 0.3 is 0 Å². The van der Waals surface area contributed by atoms with E-state index in [1.165, 1.54) is 16.6 Å². The molecule has 43 heavy (non-hydrogen) atoms. The maximum absolute atomic E-state index is 13.6. The number of ether oxygens (including phenoxy) is 3. The molecule has 0 aliphatic carbocycles. The van der Waals surface area contributed by atoms with Crippen LogP contribution >= 0.6 is 0 Å². The van der Waals surface area contributed by atoms with Gasteiger partial charge in [-0.25, -0.2) is 4.39 Å². The molecule has 3 aromatic rings. The zero-order valence-corrected chi connectivity index (χ0v) is 25.3. The van der Waals surface area contributed by atoms with E-state index in [0.29, 0.717) is 35.5 Å². The van der Waals surface area contributed by atoms with Crippen molar-refractivity contribution in [1.29, 1.82) is 0 Å². The highest BCUT2D eigenvalue weighted by Gasteiger charge is 2.32. The number of aromatic nitrogens is 2. The Morgan fingerprint density at radius 3 is 2.49 bits per heavy atom. The Bertz CT molecular complexity index is 1540. The van der Waals surface area contributed by atoms with Crippen molar-refractivity contribution in [3.05, 3.63) is 69.6 Å². The summed E-state index contributed by atoms with van der Waals surface area (Å²) in [6.45, 7) is 6.66. The number of likely N-dealkylation sites (tertiary alicyclic amines) is 1. The maximum Gasteiger partial charge on any atom is 0.263 e. The summed E-state index contributed by atoms with van der Waals surface area (Å²) in [5.41, 5.74) is 1.58. The molecule has 1 aliphatic heterocycles. The second kappa shape index (κ2) is 13.8. The molecule has 3 heterocycles. The molecule has 2 N–H and O–H groups in total. The smallest absolute Gasteiger partial charge is 0.263 e. The molecule has 230 valence electrons. The molecule has 0 radical (unpaired) electrons. The third-order valence-corrected chi connectivity index (χ3v) is 6.94. The molecule has 2 amide bonds. The van der Waals surface area contributed by atoms with Crippen LogP contribution in [0, 0.1) is 0 Å². The maximum atomic E-state index is 13.6. The summed E-state index contributed by atoms with van der Waals surface area (Å²) in [6.07, 6.45) is 0.387. The zero-order chi connectivity index (χ0) is 31.3. The lowest BCUT2D eigenvalue weighted by atomic mass is 9.97. The predicted octanol–water partition coefficient (Wildman–Crippen LogP) is 3.41. The van der Waals surface area contributed by atoms with Crippen molar-refractivity contribution < 1.29 is 28.2 Å². The van der Waals surface area contributed by atoms with E-state index in [9.17, 15) is 18.8 Å². The minimum Gasteiger partial charge on any atom is -0.497 e. The molecule has 1 aliphatic rings. The van der Waals surface area contributed by atoms with Crippen LogP contribution in [0.5, 0.6) is 11.6 Å². The molecule has 1 atom stereocenters. The highest BCUT2D eigenvalue weighted by Crippen LogP contribution is 2.33. The van der Waals surface area contributed by atoms with Gasteiger partial charge in [0.05, 0.1) is 38.0 Å². The van der Waals surface area contributed by atoms with Gasteiger partial charge in [0.2, 0.25) is 5.88 Å². The second-order valence-electron chi connectivity index (χ2n) is 10.8. The summed E-state index contributed by atoms with van der Waals surface area (Å²) in [5.74, 6) is -0.186. The Hall–Kier alpha value is -4.29. The first-order valence-electron chi connectivity index (χ1n) is 14.0. The van der Waals surface area contributed by atoms with Crippen LogP contribution in [0.25, 0.3) is 11.1 Å². The number of nitrogens with one attached hydrogen (secondary N) is 2. The number of halogens is 1. The summed E-state index contributed by atoms with van der Waals surface area (Å²) in [7, 11) is 4.70. The number of aryl methyl sites for hydroxylation is 1. The van der Waals surface area contributed by atoms with Gasteiger partial charge in [0.25, 0.3) is 17.4 Å². The van der Waals surface area contributed by atoms with Crippen molar-refractivity contribution in [1.82, 2.24) is 19.8 Å². The molecule has 12 heteroatoms. The van der Waals surface area contributed by atoms with Gasteiger partial charge < -0.3 is 34.3 Å². The van der Waals surface area contributed by atoms with E-state index in [4.69, 9.17) is 14.2 Å². The Kier molecular flexibility index (Phi) is 10.1.